The molecule has 4 rings (SSSR count). The normalized spacial score (nSPS) is 14.7. The zero-order chi connectivity index (χ0) is 24.1. The molecule has 0 N–H and O–H groups in total. The van der Waals surface area contributed by atoms with Crippen LogP contribution < -0.4 is 9.47 Å². The molecule has 0 aliphatic carbocycles. The van der Waals surface area contributed by atoms with Crippen molar-refractivity contribution in [1.29, 1.82) is 0 Å². The SMILES string of the molecule is CCOc1cc(/C=C2\SC(=O)N(Cc3ccccc3Cl)C2=O)cc(I)c1OCc1ccccc1. The molecule has 1 aliphatic heterocycles. The number of hydrogen-bond donors (Lipinski definition) is 0. The van der Waals surface area contributed by atoms with Gasteiger partial charge in [-0.1, -0.05) is 60.1 Å². The van der Waals surface area contributed by atoms with Crippen LogP contribution in [-0.2, 0) is 17.9 Å². The van der Waals surface area contributed by atoms with Gasteiger partial charge in [0, 0.05) is 5.02 Å². The van der Waals surface area contributed by atoms with E-state index < -0.39 is 0 Å². The fourth-order valence-corrected chi connectivity index (χ4v) is 5.20. The molecule has 1 fully saturated rings. The van der Waals surface area contributed by atoms with Crippen molar-refractivity contribution in [2.75, 3.05) is 6.61 Å². The molecule has 5 nitrogen and oxygen atoms in total. The molecule has 0 bridgehead atoms. The highest BCUT2D eigenvalue weighted by molar-refractivity contribution is 14.1. The number of ether oxygens (including phenoxy) is 2. The standard InChI is InChI=1S/C26H21ClINO4S/c1-2-32-22-13-18(12-21(28)24(22)33-16-17-8-4-3-5-9-17)14-23-25(30)29(26(31)34-23)15-19-10-6-7-11-20(19)27/h3-14H,2,15-16H2,1H3/b23-14-. The van der Waals surface area contributed by atoms with E-state index >= 15 is 0 Å². The van der Waals surface area contributed by atoms with Gasteiger partial charge >= 0.3 is 0 Å². The highest BCUT2D eigenvalue weighted by Gasteiger charge is 2.35. The van der Waals surface area contributed by atoms with Crippen LogP contribution in [0.4, 0.5) is 4.79 Å². The number of rotatable bonds is 8. The zero-order valence-corrected chi connectivity index (χ0v) is 22.0. The maximum absolute atomic E-state index is 13.0. The van der Waals surface area contributed by atoms with Gasteiger partial charge in [0.25, 0.3) is 11.1 Å². The summed E-state index contributed by atoms with van der Waals surface area (Å²) in [5, 5.41) is 0.200. The van der Waals surface area contributed by atoms with Gasteiger partial charge in [-0.2, -0.15) is 0 Å². The first kappa shape index (κ1) is 24.6. The Bertz CT molecular complexity index is 1250. The van der Waals surface area contributed by atoms with Gasteiger partial charge in [0.2, 0.25) is 0 Å². The lowest BCUT2D eigenvalue weighted by Crippen LogP contribution is -2.27. The van der Waals surface area contributed by atoms with E-state index in [1.165, 1.54) is 4.90 Å². The van der Waals surface area contributed by atoms with E-state index in [0.717, 1.165) is 32.0 Å². The summed E-state index contributed by atoms with van der Waals surface area (Å²) in [5.74, 6) is 0.898. The fraction of sp³-hybridized carbons (Fsp3) is 0.154. The Hall–Kier alpha value is -2.49. The van der Waals surface area contributed by atoms with Gasteiger partial charge in [0.1, 0.15) is 6.61 Å². The molecule has 174 valence electrons. The second kappa shape index (κ2) is 11.3. The minimum Gasteiger partial charge on any atom is -0.490 e. The van der Waals surface area contributed by atoms with Crippen molar-refractivity contribution in [2.45, 2.75) is 20.1 Å². The summed E-state index contributed by atoms with van der Waals surface area (Å²) in [6.07, 6.45) is 1.71. The van der Waals surface area contributed by atoms with E-state index in [0.29, 0.717) is 34.6 Å². The third-order valence-corrected chi connectivity index (χ3v) is 7.09. The first-order valence-corrected chi connectivity index (χ1v) is 12.9. The summed E-state index contributed by atoms with van der Waals surface area (Å²) in [5.41, 5.74) is 2.53. The molecule has 1 heterocycles. The highest BCUT2D eigenvalue weighted by Crippen LogP contribution is 2.38. The Morgan fingerprint density at radius 1 is 1.03 bits per heavy atom. The summed E-state index contributed by atoms with van der Waals surface area (Å²) < 4.78 is 12.7. The first-order chi connectivity index (χ1) is 16.5. The monoisotopic (exact) mass is 605 g/mol. The molecule has 8 heteroatoms. The minimum absolute atomic E-state index is 0.135. The molecule has 34 heavy (non-hydrogen) atoms. The van der Waals surface area contributed by atoms with E-state index in [1.807, 2.05) is 61.5 Å². The van der Waals surface area contributed by atoms with Crippen LogP contribution in [0.5, 0.6) is 11.5 Å². The Morgan fingerprint density at radius 2 is 1.76 bits per heavy atom. The lowest BCUT2D eigenvalue weighted by Gasteiger charge is -2.15. The Labute approximate surface area is 221 Å². The number of benzene rings is 3. The first-order valence-electron chi connectivity index (χ1n) is 10.6. The second-order valence-corrected chi connectivity index (χ2v) is 9.96. The molecule has 0 atom stereocenters. The van der Waals surface area contributed by atoms with Gasteiger partial charge < -0.3 is 9.47 Å². The van der Waals surface area contributed by atoms with E-state index in [-0.39, 0.29) is 17.7 Å². The van der Waals surface area contributed by atoms with Crippen LogP contribution in [0.15, 0.2) is 71.6 Å². The van der Waals surface area contributed by atoms with Crippen molar-refractivity contribution in [3.8, 4) is 11.5 Å². The lowest BCUT2D eigenvalue weighted by atomic mass is 10.1. The van der Waals surface area contributed by atoms with Crippen LogP contribution in [0.25, 0.3) is 6.08 Å². The van der Waals surface area contributed by atoms with Crippen molar-refractivity contribution in [1.82, 2.24) is 4.90 Å². The molecule has 0 aromatic heterocycles. The Morgan fingerprint density at radius 3 is 2.50 bits per heavy atom. The molecular weight excluding hydrogens is 585 g/mol. The fourth-order valence-electron chi connectivity index (χ4n) is 3.39. The minimum atomic E-state index is -0.340. The topological polar surface area (TPSA) is 55.8 Å². The average molecular weight is 606 g/mol. The lowest BCUT2D eigenvalue weighted by molar-refractivity contribution is -0.123. The highest BCUT2D eigenvalue weighted by atomic mass is 127. The molecule has 0 unspecified atom stereocenters. The number of hydrogen-bond acceptors (Lipinski definition) is 5. The molecule has 0 radical (unpaired) electrons. The third-order valence-electron chi connectivity index (χ3n) is 5.02. The Kier molecular flexibility index (Phi) is 8.18. The van der Waals surface area contributed by atoms with Gasteiger partial charge in [0.05, 0.1) is 21.6 Å². The van der Waals surface area contributed by atoms with Crippen molar-refractivity contribution in [3.05, 3.63) is 96.9 Å². The summed E-state index contributed by atoms with van der Waals surface area (Å²) in [7, 11) is 0. The predicted octanol–water partition coefficient (Wildman–Crippen LogP) is 7.16. The smallest absolute Gasteiger partial charge is 0.293 e. The van der Waals surface area contributed by atoms with E-state index in [2.05, 4.69) is 22.6 Å². The third kappa shape index (κ3) is 5.76. The van der Waals surface area contributed by atoms with Gasteiger partial charge in [0.15, 0.2) is 11.5 Å². The second-order valence-electron chi connectivity index (χ2n) is 7.40. The van der Waals surface area contributed by atoms with Crippen LogP contribution in [0.2, 0.25) is 5.02 Å². The van der Waals surface area contributed by atoms with E-state index in [4.69, 9.17) is 21.1 Å². The van der Waals surface area contributed by atoms with Gasteiger partial charge in [-0.05, 0) is 82.2 Å². The number of nitrogens with zero attached hydrogens (tertiary/aromatic N) is 1. The molecule has 2 amide bonds. The maximum atomic E-state index is 13.0. The summed E-state index contributed by atoms with van der Waals surface area (Å²) >= 11 is 9.33. The summed E-state index contributed by atoms with van der Waals surface area (Å²) in [4.78, 5) is 27.1. The number of carbonyl (C=O) groups excluding carboxylic acids is 2. The van der Waals surface area contributed by atoms with Crippen LogP contribution in [-0.4, -0.2) is 22.7 Å². The van der Waals surface area contributed by atoms with Crippen molar-refractivity contribution in [3.63, 3.8) is 0 Å². The van der Waals surface area contributed by atoms with Gasteiger partial charge in [-0.25, -0.2) is 0 Å². The average Bonchev–Trinajstić information content (AvgIpc) is 3.08. The molecule has 3 aromatic rings. The molecule has 0 spiro atoms. The van der Waals surface area contributed by atoms with Crippen LogP contribution >= 0.6 is 46.0 Å². The molecular formula is C26H21ClINO4S. The Balaban J connectivity index is 1.56. The predicted molar refractivity (Wildman–Crippen MR) is 144 cm³/mol. The largest absolute Gasteiger partial charge is 0.490 e. The quantitative estimate of drug-likeness (QED) is 0.202. The molecule has 1 saturated heterocycles. The number of carbonyl (C=O) groups is 2. The van der Waals surface area contributed by atoms with Crippen LogP contribution in [0.3, 0.4) is 0 Å². The summed E-state index contributed by atoms with van der Waals surface area (Å²) in [6.45, 7) is 2.92. The van der Waals surface area contributed by atoms with Gasteiger partial charge in [-0.15, -0.1) is 0 Å². The number of amides is 2. The van der Waals surface area contributed by atoms with Crippen molar-refractivity contribution >= 4 is 63.2 Å². The van der Waals surface area contributed by atoms with Gasteiger partial charge in [-0.3, -0.25) is 14.5 Å². The van der Waals surface area contributed by atoms with Crippen molar-refractivity contribution in [2.24, 2.45) is 0 Å². The number of imide groups is 1. The maximum Gasteiger partial charge on any atom is 0.293 e. The van der Waals surface area contributed by atoms with Crippen molar-refractivity contribution < 1.29 is 19.1 Å². The molecule has 3 aromatic carbocycles. The van der Waals surface area contributed by atoms with Crippen LogP contribution in [0, 0.1) is 3.57 Å². The number of thioether (sulfide) groups is 1. The zero-order valence-electron chi connectivity index (χ0n) is 18.3. The van der Waals surface area contributed by atoms with E-state index in [9.17, 15) is 9.59 Å². The van der Waals surface area contributed by atoms with E-state index in [1.54, 1.807) is 18.2 Å². The molecule has 1 aliphatic rings. The summed E-state index contributed by atoms with van der Waals surface area (Å²) in [6, 6.07) is 20.8. The van der Waals surface area contributed by atoms with Crippen LogP contribution in [0.1, 0.15) is 23.6 Å². The molecule has 0 saturated carbocycles. The number of halogens is 2.